The number of thioether (sulfide) groups is 1. The second-order valence-corrected chi connectivity index (χ2v) is 4.87. The molecule has 2 rings (SSSR count). The Morgan fingerprint density at radius 1 is 1.14 bits per heavy atom. The predicted octanol–water partition coefficient (Wildman–Crippen LogP) is 2.46. The SMILES string of the molecule is CCCOc1nc(NN)nc(Oc2ccc(SC)cc2)n1. The summed E-state index contributed by atoms with van der Waals surface area (Å²) in [5.74, 6) is 6.15. The molecular weight excluding hydrogens is 290 g/mol. The highest BCUT2D eigenvalue weighted by molar-refractivity contribution is 7.98. The maximum atomic E-state index is 5.59. The minimum Gasteiger partial charge on any atom is -0.463 e. The molecule has 2 aromatic rings. The van der Waals surface area contributed by atoms with Gasteiger partial charge in [0.1, 0.15) is 5.75 Å². The molecule has 3 N–H and O–H groups in total. The molecule has 0 aliphatic carbocycles. The first-order chi connectivity index (χ1) is 10.2. The van der Waals surface area contributed by atoms with Crippen molar-refractivity contribution >= 4 is 17.7 Å². The summed E-state index contributed by atoms with van der Waals surface area (Å²) in [5, 5.41) is 0. The van der Waals surface area contributed by atoms with Crippen molar-refractivity contribution in [2.75, 3.05) is 18.3 Å². The Kier molecular flexibility index (Phi) is 5.59. The summed E-state index contributed by atoms with van der Waals surface area (Å²) >= 11 is 1.66. The number of nitrogens with zero attached hydrogens (tertiary/aromatic N) is 3. The lowest BCUT2D eigenvalue weighted by Crippen LogP contribution is -2.13. The Bertz CT molecular complexity index is 579. The van der Waals surface area contributed by atoms with E-state index in [-0.39, 0.29) is 18.0 Å². The second-order valence-electron chi connectivity index (χ2n) is 3.99. The number of benzene rings is 1. The number of ether oxygens (including phenoxy) is 2. The number of anilines is 1. The summed E-state index contributed by atoms with van der Waals surface area (Å²) in [4.78, 5) is 13.3. The summed E-state index contributed by atoms with van der Waals surface area (Å²) < 4.78 is 11.0. The fourth-order valence-electron chi connectivity index (χ4n) is 1.46. The number of nitrogens with two attached hydrogens (primary N) is 1. The van der Waals surface area contributed by atoms with Gasteiger partial charge in [-0.2, -0.15) is 9.97 Å². The molecule has 0 fully saturated rings. The third-order valence-electron chi connectivity index (χ3n) is 2.43. The molecule has 0 atom stereocenters. The molecule has 0 bridgehead atoms. The average molecular weight is 307 g/mol. The number of nitrogens with one attached hydrogen (secondary N) is 1. The van der Waals surface area contributed by atoms with Crippen molar-refractivity contribution in [1.82, 2.24) is 15.0 Å². The van der Waals surface area contributed by atoms with Crippen LogP contribution in [-0.2, 0) is 0 Å². The summed E-state index contributed by atoms with van der Waals surface area (Å²) in [5.41, 5.74) is 2.36. The van der Waals surface area contributed by atoms with Crippen molar-refractivity contribution in [1.29, 1.82) is 0 Å². The zero-order valence-corrected chi connectivity index (χ0v) is 12.7. The highest BCUT2D eigenvalue weighted by atomic mass is 32.2. The van der Waals surface area contributed by atoms with Crippen molar-refractivity contribution in [3.63, 3.8) is 0 Å². The van der Waals surface area contributed by atoms with Crippen molar-refractivity contribution in [2.24, 2.45) is 5.84 Å². The molecule has 112 valence electrons. The van der Waals surface area contributed by atoms with Crippen molar-refractivity contribution in [2.45, 2.75) is 18.2 Å². The van der Waals surface area contributed by atoms with E-state index in [2.05, 4.69) is 20.4 Å². The number of aromatic nitrogens is 3. The van der Waals surface area contributed by atoms with Gasteiger partial charge in [-0.05, 0) is 36.9 Å². The van der Waals surface area contributed by atoms with Crippen LogP contribution in [0.15, 0.2) is 29.2 Å². The molecule has 1 aromatic heterocycles. The first-order valence-corrected chi connectivity index (χ1v) is 7.65. The third-order valence-corrected chi connectivity index (χ3v) is 3.17. The van der Waals surface area contributed by atoms with Gasteiger partial charge in [0, 0.05) is 4.90 Å². The molecule has 0 aliphatic rings. The fraction of sp³-hybridized carbons (Fsp3) is 0.308. The van der Waals surface area contributed by atoms with Crippen LogP contribution in [0, 0.1) is 0 Å². The first-order valence-electron chi connectivity index (χ1n) is 6.42. The van der Waals surface area contributed by atoms with Crippen molar-refractivity contribution in [3.8, 4) is 17.8 Å². The van der Waals surface area contributed by atoms with Gasteiger partial charge >= 0.3 is 12.0 Å². The Morgan fingerprint density at radius 2 is 1.86 bits per heavy atom. The Balaban J connectivity index is 2.16. The van der Waals surface area contributed by atoms with Gasteiger partial charge < -0.3 is 9.47 Å². The molecule has 21 heavy (non-hydrogen) atoms. The zero-order chi connectivity index (χ0) is 15.1. The van der Waals surface area contributed by atoms with E-state index in [4.69, 9.17) is 15.3 Å². The van der Waals surface area contributed by atoms with Crippen LogP contribution >= 0.6 is 11.8 Å². The molecular formula is C13H17N5O2S. The fourth-order valence-corrected chi connectivity index (χ4v) is 1.86. The molecule has 0 amide bonds. The van der Waals surface area contributed by atoms with Crippen LogP contribution in [0.4, 0.5) is 5.95 Å². The van der Waals surface area contributed by atoms with Crippen LogP contribution in [0.5, 0.6) is 17.8 Å². The van der Waals surface area contributed by atoms with Crippen LogP contribution in [0.1, 0.15) is 13.3 Å². The number of hydrazine groups is 1. The molecule has 0 saturated heterocycles. The van der Waals surface area contributed by atoms with Crippen LogP contribution in [0.3, 0.4) is 0 Å². The van der Waals surface area contributed by atoms with Gasteiger partial charge in [-0.1, -0.05) is 6.92 Å². The first kappa shape index (κ1) is 15.3. The Morgan fingerprint density at radius 3 is 2.48 bits per heavy atom. The topological polar surface area (TPSA) is 95.2 Å². The smallest absolute Gasteiger partial charge is 0.330 e. The Hall–Kier alpha value is -2.06. The highest BCUT2D eigenvalue weighted by Gasteiger charge is 2.09. The number of hydrogen-bond acceptors (Lipinski definition) is 8. The van der Waals surface area contributed by atoms with E-state index in [9.17, 15) is 0 Å². The molecule has 0 unspecified atom stereocenters. The van der Waals surface area contributed by atoms with Gasteiger partial charge in [0.2, 0.25) is 5.95 Å². The molecule has 8 heteroatoms. The summed E-state index contributed by atoms with van der Waals surface area (Å²) in [6, 6.07) is 7.90. The summed E-state index contributed by atoms with van der Waals surface area (Å²) in [7, 11) is 0. The van der Waals surface area contributed by atoms with Crippen molar-refractivity contribution < 1.29 is 9.47 Å². The van der Waals surface area contributed by atoms with E-state index < -0.39 is 0 Å². The Labute approximate surface area is 127 Å². The lowest BCUT2D eigenvalue weighted by atomic mass is 10.3. The normalized spacial score (nSPS) is 10.2. The number of hydrogen-bond donors (Lipinski definition) is 2. The minimum absolute atomic E-state index is 0.126. The van der Waals surface area contributed by atoms with Gasteiger partial charge in [-0.25, -0.2) is 5.84 Å². The van der Waals surface area contributed by atoms with E-state index in [1.54, 1.807) is 11.8 Å². The lowest BCUT2D eigenvalue weighted by molar-refractivity contribution is 0.285. The average Bonchev–Trinajstić information content (AvgIpc) is 2.53. The van der Waals surface area contributed by atoms with Crippen molar-refractivity contribution in [3.05, 3.63) is 24.3 Å². The van der Waals surface area contributed by atoms with Gasteiger partial charge in [-0.15, -0.1) is 16.7 Å². The molecule has 7 nitrogen and oxygen atoms in total. The monoisotopic (exact) mass is 307 g/mol. The number of nitrogen functional groups attached to an aromatic ring is 1. The quantitative estimate of drug-likeness (QED) is 0.457. The predicted molar refractivity (Wildman–Crippen MR) is 81.7 cm³/mol. The van der Waals surface area contributed by atoms with Crippen LogP contribution in [0.2, 0.25) is 0 Å². The third kappa shape index (κ3) is 4.47. The maximum absolute atomic E-state index is 5.59. The van der Waals surface area contributed by atoms with E-state index in [1.807, 2.05) is 37.4 Å². The van der Waals surface area contributed by atoms with E-state index in [0.717, 1.165) is 11.3 Å². The van der Waals surface area contributed by atoms with Gasteiger partial charge in [0.05, 0.1) is 6.61 Å². The maximum Gasteiger partial charge on any atom is 0.330 e. The molecule has 0 saturated carbocycles. The number of rotatable bonds is 7. The van der Waals surface area contributed by atoms with Crippen LogP contribution < -0.4 is 20.7 Å². The zero-order valence-electron chi connectivity index (χ0n) is 11.9. The largest absolute Gasteiger partial charge is 0.463 e. The molecule has 0 radical (unpaired) electrons. The molecule has 1 heterocycles. The highest BCUT2D eigenvalue weighted by Crippen LogP contribution is 2.23. The standard InChI is InChI=1S/C13H17N5O2S/c1-3-8-19-12-15-11(18-14)16-13(17-12)20-9-4-6-10(21-2)7-5-9/h4-7H,3,8,14H2,1-2H3,(H,15,16,17,18). The lowest BCUT2D eigenvalue weighted by Gasteiger charge is -2.08. The van der Waals surface area contributed by atoms with Gasteiger partial charge in [-0.3, -0.25) is 5.43 Å². The van der Waals surface area contributed by atoms with E-state index >= 15 is 0 Å². The van der Waals surface area contributed by atoms with Crippen LogP contribution in [-0.4, -0.2) is 27.8 Å². The van der Waals surface area contributed by atoms with Crippen LogP contribution in [0.25, 0.3) is 0 Å². The van der Waals surface area contributed by atoms with E-state index in [1.165, 1.54) is 0 Å². The molecule has 1 aromatic carbocycles. The molecule has 0 aliphatic heterocycles. The second kappa shape index (κ2) is 7.65. The van der Waals surface area contributed by atoms with Gasteiger partial charge in [0.25, 0.3) is 0 Å². The molecule has 0 spiro atoms. The van der Waals surface area contributed by atoms with Gasteiger partial charge in [0.15, 0.2) is 0 Å². The minimum atomic E-state index is 0.126. The van der Waals surface area contributed by atoms with E-state index in [0.29, 0.717) is 12.4 Å². The summed E-state index contributed by atoms with van der Waals surface area (Å²) in [6.45, 7) is 2.50. The summed E-state index contributed by atoms with van der Waals surface area (Å²) in [6.07, 6.45) is 2.86.